The third-order valence-electron chi connectivity index (χ3n) is 2.78. The van der Waals surface area contributed by atoms with E-state index in [-0.39, 0.29) is 0 Å². The fourth-order valence-corrected chi connectivity index (χ4v) is 2.29. The maximum absolute atomic E-state index is 5.69. The van der Waals surface area contributed by atoms with E-state index in [2.05, 4.69) is 37.2 Å². The van der Waals surface area contributed by atoms with Gasteiger partial charge in [-0.05, 0) is 24.3 Å². The standard InChI is InChI=1S/C13H17NOS/c1-9(2)11-8-15-13(14-11)10-6-4-5-7-12(10)16-3/h4-7,9,11H,8H2,1-3H3/t11-/m1/s1. The van der Waals surface area contributed by atoms with Gasteiger partial charge in [-0.3, -0.25) is 0 Å². The predicted molar refractivity (Wildman–Crippen MR) is 69.3 cm³/mol. The summed E-state index contributed by atoms with van der Waals surface area (Å²) in [6.45, 7) is 5.08. The third-order valence-corrected chi connectivity index (χ3v) is 3.58. The first-order valence-corrected chi connectivity index (χ1v) is 6.79. The van der Waals surface area contributed by atoms with Crippen molar-refractivity contribution in [2.75, 3.05) is 12.9 Å². The van der Waals surface area contributed by atoms with Gasteiger partial charge in [0.15, 0.2) is 0 Å². The zero-order valence-electron chi connectivity index (χ0n) is 9.93. The highest BCUT2D eigenvalue weighted by atomic mass is 32.2. The van der Waals surface area contributed by atoms with Gasteiger partial charge in [-0.1, -0.05) is 26.0 Å². The van der Waals surface area contributed by atoms with Crippen LogP contribution < -0.4 is 0 Å². The SMILES string of the molecule is CSc1ccccc1C1=N[C@@H](C(C)C)CO1. The van der Waals surface area contributed by atoms with Gasteiger partial charge in [0.2, 0.25) is 5.90 Å². The maximum atomic E-state index is 5.69. The average Bonchev–Trinajstić information content (AvgIpc) is 2.78. The summed E-state index contributed by atoms with van der Waals surface area (Å²) in [5.41, 5.74) is 1.12. The topological polar surface area (TPSA) is 21.6 Å². The van der Waals surface area contributed by atoms with Gasteiger partial charge in [-0.25, -0.2) is 4.99 Å². The van der Waals surface area contributed by atoms with Crippen LogP contribution in [-0.2, 0) is 4.74 Å². The summed E-state index contributed by atoms with van der Waals surface area (Å²) in [5, 5.41) is 0. The molecule has 3 heteroatoms. The van der Waals surface area contributed by atoms with Gasteiger partial charge in [-0.15, -0.1) is 11.8 Å². The number of thioether (sulfide) groups is 1. The minimum absolute atomic E-state index is 0.310. The molecule has 2 nitrogen and oxygen atoms in total. The number of nitrogens with zero attached hydrogens (tertiary/aromatic N) is 1. The Morgan fingerprint density at radius 3 is 2.75 bits per heavy atom. The summed E-state index contributed by atoms with van der Waals surface area (Å²) in [5.74, 6) is 1.35. The van der Waals surface area contributed by atoms with Crippen molar-refractivity contribution in [2.45, 2.75) is 24.8 Å². The first-order chi connectivity index (χ1) is 7.72. The molecule has 0 saturated heterocycles. The molecule has 0 saturated carbocycles. The number of ether oxygens (including phenoxy) is 1. The highest BCUT2D eigenvalue weighted by molar-refractivity contribution is 7.98. The number of rotatable bonds is 3. The Kier molecular flexibility index (Phi) is 3.54. The molecule has 1 atom stereocenters. The van der Waals surface area contributed by atoms with Crippen molar-refractivity contribution in [3.63, 3.8) is 0 Å². The quantitative estimate of drug-likeness (QED) is 0.750. The molecule has 1 aromatic carbocycles. The predicted octanol–water partition coefficient (Wildman–Crippen LogP) is 3.21. The van der Waals surface area contributed by atoms with E-state index >= 15 is 0 Å². The van der Waals surface area contributed by atoms with Crippen LogP contribution in [0.1, 0.15) is 19.4 Å². The average molecular weight is 235 g/mol. The van der Waals surface area contributed by atoms with E-state index in [1.54, 1.807) is 11.8 Å². The van der Waals surface area contributed by atoms with Crippen molar-refractivity contribution in [2.24, 2.45) is 10.9 Å². The zero-order valence-corrected chi connectivity index (χ0v) is 10.8. The minimum Gasteiger partial charge on any atom is -0.475 e. The van der Waals surface area contributed by atoms with E-state index < -0.39 is 0 Å². The van der Waals surface area contributed by atoms with Gasteiger partial charge in [0.05, 0.1) is 6.04 Å². The first kappa shape index (κ1) is 11.5. The Hall–Kier alpha value is -0.960. The van der Waals surface area contributed by atoms with Gasteiger partial charge >= 0.3 is 0 Å². The summed E-state index contributed by atoms with van der Waals surface area (Å²) < 4.78 is 5.69. The monoisotopic (exact) mass is 235 g/mol. The molecule has 86 valence electrons. The lowest BCUT2D eigenvalue weighted by molar-refractivity contribution is 0.291. The molecule has 0 aromatic heterocycles. The molecule has 1 aliphatic heterocycles. The van der Waals surface area contributed by atoms with Gasteiger partial charge < -0.3 is 4.74 Å². The van der Waals surface area contributed by atoms with Crippen LogP contribution in [0.25, 0.3) is 0 Å². The summed E-state index contributed by atoms with van der Waals surface area (Å²) in [7, 11) is 0. The molecular formula is C13H17NOS. The highest BCUT2D eigenvalue weighted by Gasteiger charge is 2.23. The maximum Gasteiger partial charge on any atom is 0.217 e. The van der Waals surface area contributed by atoms with E-state index in [0.29, 0.717) is 12.0 Å². The lowest BCUT2D eigenvalue weighted by Crippen LogP contribution is -2.13. The Labute approximate surface area is 101 Å². The van der Waals surface area contributed by atoms with Crippen LogP contribution in [0, 0.1) is 5.92 Å². The van der Waals surface area contributed by atoms with E-state index in [9.17, 15) is 0 Å². The number of aliphatic imine (C=N–C) groups is 1. The molecule has 16 heavy (non-hydrogen) atoms. The van der Waals surface area contributed by atoms with Crippen molar-refractivity contribution in [1.29, 1.82) is 0 Å². The van der Waals surface area contributed by atoms with Gasteiger partial charge in [0, 0.05) is 10.5 Å². The molecule has 0 aliphatic carbocycles. The Bertz CT molecular complexity index is 401. The lowest BCUT2D eigenvalue weighted by Gasteiger charge is -2.06. The molecule has 1 heterocycles. The normalized spacial score (nSPS) is 19.8. The summed E-state index contributed by atoms with van der Waals surface area (Å²) in [6, 6.07) is 8.57. The van der Waals surface area contributed by atoms with Crippen LogP contribution in [0.3, 0.4) is 0 Å². The first-order valence-electron chi connectivity index (χ1n) is 5.56. The molecule has 0 bridgehead atoms. The van der Waals surface area contributed by atoms with Crippen LogP contribution in [0.4, 0.5) is 0 Å². The van der Waals surface area contributed by atoms with E-state index in [4.69, 9.17) is 4.74 Å². The van der Waals surface area contributed by atoms with Gasteiger partial charge in [0.25, 0.3) is 0 Å². The van der Waals surface area contributed by atoms with Gasteiger partial charge in [0.1, 0.15) is 6.61 Å². The summed E-state index contributed by atoms with van der Waals surface area (Å²) in [4.78, 5) is 5.87. The molecule has 0 spiro atoms. The molecule has 0 fully saturated rings. The van der Waals surface area contributed by atoms with Crippen molar-refractivity contribution < 1.29 is 4.74 Å². The number of hydrogen-bond acceptors (Lipinski definition) is 3. The second-order valence-corrected chi connectivity index (χ2v) is 5.10. The smallest absolute Gasteiger partial charge is 0.217 e. The van der Waals surface area contributed by atoms with Crippen LogP contribution in [-0.4, -0.2) is 24.8 Å². The van der Waals surface area contributed by atoms with Gasteiger partial charge in [-0.2, -0.15) is 0 Å². The highest BCUT2D eigenvalue weighted by Crippen LogP contribution is 2.24. The van der Waals surface area contributed by atoms with E-state index in [1.807, 2.05) is 12.1 Å². The lowest BCUT2D eigenvalue weighted by atomic mass is 10.1. The Morgan fingerprint density at radius 1 is 1.38 bits per heavy atom. The fourth-order valence-electron chi connectivity index (χ4n) is 1.70. The summed E-state index contributed by atoms with van der Waals surface area (Å²) in [6.07, 6.45) is 2.08. The Balaban J connectivity index is 2.28. The van der Waals surface area contributed by atoms with Crippen LogP contribution >= 0.6 is 11.8 Å². The number of benzene rings is 1. The summed E-state index contributed by atoms with van der Waals surface area (Å²) >= 11 is 1.73. The Morgan fingerprint density at radius 2 is 2.12 bits per heavy atom. The third kappa shape index (κ3) is 2.24. The molecule has 0 unspecified atom stereocenters. The molecular weight excluding hydrogens is 218 g/mol. The number of hydrogen-bond donors (Lipinski definition) is 0. The van der Waals surface area contributed by atoms with E-state index in [0.717, 1.165) is 18.1 Å². The largest absolute Gasteiger partial charge is 0.475 e. The molecule has 0 amide bonds. The minimum atomic E-state index is 0.310. The van der Waals surface area contributed by atoms with Crippen molar-refractivity contribution in [3.8, 4) is 0 Å². The van der Waals surface area contributed by atoms with E-state index in [1.165, 1.54) is 4.90 Å². The van der Waals surface area contributed by atoms with Crippen molar-refractivity contribution in [3.05, 3.63) is 29.8 Å². The van der Waals surface area contributed by atoms with Crippen molar-refractivity contribution >= 4 is 17.7 Å². The van der Waals surface area contributed by atoms with Crippen LogP contribution in [0.5, 0.6) is 0 Å². The molecule has 0 N–H and O–H groups in total. The second kappa shape index (κ2) is 4.91. The molecule has 2 rings (SSSR count). The fraction of sp³-hybridized carbons (Fsp3) is 0.462. The van der Waals surface area contributed by atoms with Crippen molar-refractivity contribution in [1.82, 2.24) is 0 Å². The molecule has 0 radical (unpaired) electrons. The molecule has 1 aromatic rings. The molecule has 1 aliphatic rings. The van der Waals surface area contributed by atoms with Crippen LogP contribution in [0.15, 0.2) is 34.2 Å². The van der Waals surface area contributed by atoms with Crippen LogP contribution in [0.2, 0.25) is 0 Å². The second-order valence-electron chi connectivity index (χ2n) is 4.26. The zero-order chi connectivity index (χ0) is 11.5.